The van der Waals surface area contributed by atoms with E-state index < -0.39 is 0 Å². The van der Waals surface area contributed by atoms with Crippen LogP contribution in [0, 0.1) is 6.92 Å². The van der Waals surface area contributed by atoms with Gasteiger partial charge < -0.3 is 4.57 Å². The molecule has 0 saturated heterocycles. The number of nitrogens with zero attached hydrogens (tertiary/aromatic N) is 2. The SMILES string of the molecule is Cc1ccc(-n2ccc(=O)cc2)nc1. The van der Waals surface area contributed by atoms with Crippen molar-refractivity contribution in [2.45, 2.75) is 6.92 Å². The van der Waals surface area contributed by atoms with Crippen molar-refractivity contribution < 1.29 is 0 Å². The summed E-state index contributed by atoms with van der Waals surface area (Å²) < 4.78 is 1.81. The first-order valence-electron chi connectivity index (χ1n) is 4.37. The number of hydrogen-bond donors (Lipinski definition) is 0. The first-order valence-corrected chi connectivity index (χ1v) is 4.37. The average molecular weight is 186 g/mol. The number of rotatable bonds is 1. The minimum Gasteiger partial charge on any atom is -0.308 e. The molecule has 2 aromatic rings. The van der Waals surface area contributed by atoms with Crippen LogP contribution in [-0.2, 0) is 0 Å². The van der Waals surface area contributed by atoms with Crippen LogP contribution < -0.4 is 5.43 Å². The Balaban J connectivity index is 2.44. The van der Waals surface area contributed by atoms with Crippen LogP contribution >= 0.6 is 0 Å². The first kappa shape index (κ1) is 8.69. The quantitative estimate of drug-likeness (QED) is 0.677. The highest BCUT2D eigenvalue weighted by atomic mass is 16.1. The van der Waals surface area contributed by atoms with Crippen LogP contribution in [0.5, 0.6) is 0 Å². The van der Waals surface area contributed by atoms with E-state index >= 15 is 0 Å². The lowest BCUT2D eigenvalue weighted by Crippen LogP contribution is -2.02. The van der Waals surface area contributed by atoms with Crippen LogP contribution in [0.25, 0.3) is 5.82 Å². The Morgan fingerprint density at radius 3 is 2.43 bits per heavy atom. The van der Waals surface area contributed by atoms with E-state index in [0.717, 1.165) is 11.4 Å². The van der Waals surface area contributed by atoms with Crippen molar-refractivity contribution in [2.24, 2.45) is 0 Å². The first-order chi connectivity index (χ1) is 6.75. The molecule has 2 aromatic heterocycles. The number of aryl methyl sites for hydroxylation is 1. The lowest BCUT2D eigenvalue weighted by Gasteiger charge is -2.03. The van der Waals surface area contributed by atoms with Gasteiger partial charge in [-0.05, 0) is 18.6 Å². The molecule has 0 bridgehead atoms. The Kier molecular flexibility index (Phi) is 2.14. The molecule has 2 rings (SSSR count). The molecule has 0 aliphatic rings. The molecule has 0 fully saturated rings. The fourth-order valence-corrected chi connectivity index (χ4v) is 1.18. The summed E-state index contributed by atoms with van der Waals surface area (Å²) in [6.45, 7) is 1.99. The van der Waals surface area contributed by atoms with Crippen LogP contribution in [0.3, 0.4) is 0 Å². The molecular weight excluding hydrogens is 176 g/mol. The maximum atomic E-state index is 10.9. The maximum Gasteiger partial charge on any atom is 0.181 e. The van der Waals surface area contributed by atoms with E-state index in [1.54, 1.807) is 23.2 Å². The Bertz CT molecular complexity index is 465. The molecule has 0 atom stereocenters. The van der Waals surface area contributed by atoms with Crippen LogP contribution in [0.4, 0.5) is 0 Å². The summed E-state index contributed by atoms with van der Waals surface area (Å²) in [7, 11) is 0. The molecule has 3 nitrogen and oxygen atoms in total. The van der Waals surface area contributed by atoms with Crippen LogP contribution in [0.15, 0.2) is 47.7 Å². The predicted octanol–water partition coefficient (Wildman–Crippen LogP) is 1.54. The highest BCUT2D eigenvalue weighted by molar-refractivity contribution is 5.25. The molecule has 0 N–H and O–H groups in total. The van der Waals surface area contributed by atoms with Crippen LogP contribution in [0.2, 0.25) is 0 Å². The normalized spacial score (nSPS) is 10.1. The summed E-state index contributed by atoms with van der Waals surface area (Å²) in [4.78, 5) is 15.1. The van der Waals surface area contributed by atoms with Gasteiger partial charge in [0.2, 0.25) is 0 Å². The smallest absolute Gasteiger partial charge is 0.181 e. The third kappa shape index (κ3) is 1.71. The zero-order valence-electron chi connectivity index (χ0n) is 7.84. The van der Waals surface area contributed by atoms with Crippen molar-refractivity contribution in [3.05, 3.63) is 58.6 Å². The molecule has 14 heavy (non-hydrogen) atoms. The van der Waals surface area contributed by atoms with Crippen LogP contribution in [0.1, 0.15) is 5.56 Å². The third-order valence-corrected chi connectivity index (χ3v) is 1.96. The minimum absolute atomic E-state index is 0.00774. The van der Waals surface area contributed by atoms with Gasteiger partial charge in [-0.1, -0.05) is 6.07 Å². The Hall–Kier alpha value is -1.90. The molecule has 0 amide bonds. The van der Waals surface area contributed by atoms with Gasteiger partial charge in [-0.3, -0.25) is 4.79 Å². The van der Waals surface area contributed by atoms with Crippen molar-refractivity contribution in [3.8, 4) is 5.82 Å². The summed E-state index contributed by atoms with van der Waals surface area (Å²) in [6.07, 6.45) is 5.22. The molecule has 0 saturated carbocycles. The number of hydrogen-bond acceptors (Lipinski definition) is 2. The van der Waals surface area contributed by atoms with Gasteiger partial charge in [0.15, 0.2) is 5.43 Å². The lowest BCUT2D eigenvalue weighted by atomic mass is 10.3. The number of pyridine rings is 2. The van der Waals surface area contributed by atoms with E-state index in [1.807, 2.05) is 19.1 Å². The van der Waals surface area contributed by atoms with E-state index in [4.69, 9.17) is 0 Å². The summed E-state index contributed by atoms with van der Waals surface area (Å²) in [6, 6.07) is 6.93. The van der Waals surface area contributed by atoms with Crippen LogP contribution in [-0.4, -0.2) is 9.55 Å². The zero-order valence-corrected chi connectivity index (χ0v) is 7.84. The topological polar surface area (TPSA) is 34.9 Å². The zero-order chi connectivity index (χ0) is 9.97. The average Bonchev–Trinajstić information content (AvgIpc) is 2.21. The van der Waals surface area contributed by atoms with Crippen molar-refractivity contribution >= 4 is 0 Å². The standard InChI is InChI=1S/C11H10N2O/c1-9-2-3-11(12-8-9)13-6-4-10(14)5-7-13/h2-8H,1H3. The Morgan fingerprint density at radius 1 is 1.14 bits per heavy atom. The molecule has 3 heteroatoms. The molecule has 0 unspecified atom stereocenters. The van der Waals surface area contributed by atoms with Crippen molar-refractivity contribution in [3.63, 3.8) is 0 Å². The summed E-state index contributed by atoms with van der Waals surface area (Å²) in [5.74, 6) is 0.815. The third-order valence-electron chi connectivity index (χ3n) is 1.96. The molecule has 0 aliphatic carbocycles. The van der Waals surface area contributed by atoms with Gasteiger partial charge in [-0.2, -0.15) is 0 Å². The molecule has 70 valence electrons. The van der Waals surface area contributed by atoms with E-state index in [2.05, 4.69) is 4.98 Å². The fourth-order valence-electron chi connectivity index (χ4n) is 1.18. The minimum atomic E-state index is 0.00774. The van der Waals surface area contributed by atoms with E-state index in [9.17, 15) is 4.79 Å². The van der Waals surface area contributed by atoms with Crippen molar-refractivity contribution in [1.82, 2.24) is 9.55 Å². The molecule has 0 spiro atoms. The molecule has 0 aliphatic heterocycles. The van der Waals surface area contributed by atoms with Gasteiger partial charge in [0, 0.05) is 30.7 Å². The molecule has 0 aromatic carbocycles. The van der Waals surface area contributed by atoms with Crippen molar-refractivity contribution in [2.75, 3.05) is 0 Å². The highest BCUT2D eigenvalue weighted by Crippen LogP contribution is 2.03. The second-order valence-electron chi connectivity index (χ2n) is 3.13. The lowest BCUT2D eigenvalue weighted by molar-refractivity contribution is 0.975. The van der Waals surface area contributed by atoms with Crippen molar-refractivity contribution in [1.29, 1.82) is 0 Å². The summed E-state index contributed by atoms with van der Waals surface area (Å²) in [5.41, 5.74) is 1.13. The largest absolute Gasteiger partial charge is 0.308 e. The molecular formula is C11H10N2O. The molecule has 0 radical (unpaired) electrons. The van der Waals surface area contributed by atoms with Gasteiger partial charge in [0.05, 0.1) is 0 Å². The number of aromatic nitrogens is 2. The van der Waals surface area contributed by atoms with E-state index in [1.165, 1.54) is 12.1 Å². The Labute approximate surface area is 81.7 Å². The van der Waals surface area contributed by atoms with E-state index in [0.29, 0.717) is 0 Å². The van der Waals surface area contributed by atoms with Gasteiger partial charge in [0.1, 0.15) is 5.82 Å². The summed E-state index contributed by atoms with van der Waals surface area (Å²) >= 11 is 0. The van der Waals surface area contributed by atoms with Gasteiger partial charge >= 0.3 is 0 Å². The predicted molar refractivity (Wildman–Crippen MR) is 54.6 cm³/mol. The van der Waals surface area contributed by atoms with E-state index in [-0.39, 0.29) is 5.43 Å². The van der Waals surface area contributed by atoms with Gasteiger partial charge in [-0.15, -0.1) is 0 Å². The Morgan fingerprint density at radius 2 is 1.86 bits per heavy atom. The highest BCUT2D eigenvalue weighted by Gasteiger charge is 1.94. The fraction of sp³-hybridized carbons (Fsp3) is 0.0909. The van der Waals surface area contributed by atoms with Gasteiger partial charge in [0.25, 0.3) is 0 Å². The second kappa shape index (κ2) is 3.46. The summed E-state index contributed by atoms with van der Waals surface area (Å²) in [5, 5.41) is 0. The van der Waals surface area contributed by atoms with Gasteiger partial charge in [-0.25, -0.2) is 4.98 Å². The maximum absolute atomic E-state index is 10.9. The molecule has 2 heterocycles. The second-order valence-corrected chi connectivity index (χ2v) is 3.13. The monoisotopic (exact) mass is 186 g/mol.